The van der Waals surface area contributed by atoms with E-state index in [0.29, 0.717) is 0 Å². The topological polar surface area (TPSA) is 9.86 Å². The van der Waals surface area contributed by atoms with Crippen LogP contribution in [-0.4, -0.2) is 9.13 Å². The molecule has 2 nitrogen and oxygen atoms in total. The molecule has 0 saturated heterocycles. The van der Waals surface area contributed by atoms with E-state index in [2.05, 4.69) is 222 Å². The van der Waals surface area contributed by atoms with Crippen molar-refractivity contribution < 1.29 is 0 Å². The molecule has 0 aliphatic carbocycles. The van der Waals surface area contributed by atoms with E-state index in [9.17, 15) is 0 Å². The van der Waals surface area contributed by atoms with Crippen molar-refractivity contribution in [2.45, 2.75) is 20.8 Å². The van der Waals surface area contributed by atoms with Crippen molar-refractivity contribution in [2.24, 2.45) is 0 Å². The fourth-order valence-electron chi connectivity index (χ4n) is 8.37. The Bertz CT molecular complexity index is 3150. The van der Waals surface area contributed by atoms with Gasteiger partial charge < -0.3 is 9.13 Å². The van der Waals surface area contributed by atoms with Crippen molar-refractivity contribution >= 4 is 43.6 Å². The van der Waals surface area contributed by atoms with Crippen molar-refractivity contribution in [1.29, 1.82) is 0 Å². The highest BCUT2D eigenvalue weighted by Gasteiger charge is 2.16. The Balaban J connectivity index is 0.000000449. The van der Waals surface area contributed by atoms with Crippen LogP contribution < -0.4 is 0 Å². The number of nitrogens with zero attached hydrogens (tertiary/aromatic N) is 2. The number of fused-ring (bicyclic) bond motifs is 6. The molecule has 0 saturated carbocycles. The first-order valence-corrected chi connectivity index (χ1v) is 20.6. The van der Waals surface area contributed by atoms with Gasteiger partial charge in [-0.25, -0.2) is 0 Å². The monoisotopic (exact) mass is 758 g/mol. The van der Waals surface area contributed by atoms with Crippen LogP contribution >= 0.6 is 0 Å². The summed E-state index contributed by atoms with van der Waals surface area (Å²) in [4.78, 5) is 0. The van der Waals surface area contributed by atoms with Gasteiger partial charge in [-0.1, -0.05) is 183 Å². The third-order valence-corrected chi connectivity index (χ3v) is 11.1. The van der Waals surface area contributed by atoms with Crippen LogP contribution in [0.4, 0.5) is 0 Å². The summed E-state index contributed by atoms with van der Waals surface area (Å²) in [5.41, 5.74) is 15.8. The van der Waals surface area contributed by atoms with Gasteiger partial charge in [0.25, 0.3) is 0 Å². The van der Waals surface area contributed by atoms with E-state index >= 15 is 0 Å². The molecule has 0 bridgehead atoms. The molecule has 2 aromatic heterocycles. The molecule has 0 N–H and O–H groups in total. The molecule has 0 fully saturated rings. The molecule has 0 radical (unpaired) electrons. The summed E-state index contributed by atoms with van der Waals surface area (Å²) in [6.45, 7) is 6.08. The summed E-state index contributed by atoms with van der Waals surface area (Å²) in [7, 11) is 0. The highest BCUT2D eigenvalue weighted by Crippen LogP contribution is 2.39. The van der Waals surface area contributed by atoms with Gasteiger partial charge in [0.05, 0.1) is 22.1 Å². The van der Waals surface area contributed by atoms with Crippen molar-refractivity contribution in [2.75, 3.05) is 0 Å². The molecule has 11 rings (SSSR count). The number of rotatable bonds is 5. The van der Waals surface area contributed by atoms with Crippen LogP contribution in [0, 0.1) is 6.92 Å². The van der Waals surface area contributed by atoms with Crippen molar-refractivity contribution in [1.82, 2.24) is 9.13 Å². The summed E-state index contributed by atoms with van der Waals surface area (Å²) in [5, 5.41) is 5.03. The summed E-state index contributed by atoms with van der Waals surface area (Å²) < 4.78 is 4.77. The summed E-state index contributed by atoms with van der Waals surface area (Å²) in [6.07, 6.45) is 0. The highest BCUT2D eigenvalue weighted by molar-refractivity contribution is 6.12. The molecule has 0 aliphatic rings. The summed E-state index contributed by atoms with van der Waals surface area (Å²) in [6, 6.07) is 80.6. The Hall–Kier alpha value is -7.42. The normalized spacial score (nSPS) is 11.0. The fraction of sp³-hybridized carbons (Fsp3) is 0.0526. The second-order valence-corrected chi connectivity index (χ2v) is 14.6. The Morgan fingerprint density at radius 3 is 1.10 bits per heavy atom. The SMILES string of the molecule is CC.Cc1ccccc1.c1ccc(-c2ccccc2-c2ccc(-n3c4ccccc4c4cc(-c5ccc6c(c5)c5ccccc5n6-c5ccccc5)ccc43)cc2)cc1. The van der Waals surface area contributed by atoms with Crippen LogP contribution in [0.1, 0.15) is 19.4 Å². The molecule has 0 spiro atoms. The zero-order valence-electron chi connectivity index (χ0n) is 33.8. The van der Waals surface area contributed by atoms with Crippen molar-refractivity contribution in [3.63, 3.8) is 0 Å². The van der Waals surface area contributed by atoms with Gasteiger partial charge in [-0.3, -0.25) is 0 Å². The molecule has 2 heterocycles. The quantitative estimate of drug-likeness (QED) is 0.165. The van der Waals surface area contributed by atoms with Gasteiger partial charge in [0.2, 0.25) is 0 Å². The molecule has 0 atom stereocenters. The lowest BCUT2D eigenvalue weighted by Gasteiger charge is -2.12. The van der Waals surface area contributed by atoms with Crippen LogP contribution in [0.3, 0.4) is 0 Å². The second-order valence-electron chi connectivity index (χ2n) is 14.6. The van der Waals surface area contributed by atoms with E-state index < -0.39 is 0 Å². The van der Waals surface area contributed by atoms with Crippen molar-refractivity contribution in [3.8, 4) is 44.8 Å². The van der Waals surface area contributed by atoms with Crippen LogP contribution in [0.5, 0.6) is 0 Å². The van der Waals surface area contributed by atoms with Crippen LogP contribution in [0.25, 0.3) is 88.4 Å². The standard InChI is InChI=1S/C48H32N2.C7H8.C2H6/c1-3-13-33(14-4-1)39-17-7-8-18-40(39)34-23-27-38(28-24-34)50-46-22-12-10-20-42(46)44-32-36(26-30-48(44)50)35-25-29-47-43(31-35)41-19-9-11-21-45(41)49(47)37-15-5-2-6-16-37;1-7-5-3-2-4-6-7;1-2/h1-32H;2-6H,1H3;1-2H3. The molecule has 0 unspecified atom stereocenters. The third-order valence-electron chi connectivity index (χ3n) is 11.1. The predicted molar refractivity (Wildman–Crippen MR) is 254 cm³/mol. The first kappa shape index (κ1) is 37.2. The number of hydrogen-bond donors (Lipinski definition) is 0. The van der Waals surface area contributed by atoms with Crippen LogP contribution in [-0.2, 0) is 0 Å². The number of aromatic nitrogens is 2. The lowest BCUT2D eigenvalue weighted by molar-refractivity contribution is 1.18. The average Bonchev–Trinajstić information content (AvgIpc) is 3.83. The molecular weight excluding hydrogens is 713 g/mol. The lowest BCUT2D eigenvalue weighted by atomic mass is 9.94. The van der Waals surface area contributed by atoms with E-state index in [1.807, 2.05) is 32.0 Å². The van der Waals surface area contributed by atoms with Gasteiger partial charge in [-0.2, -0.15) is 0 Å². The smallest absolute Gasteiger partial charge is 0.0541 e. The number of aryl methyl sites for hydroxylation is 1. The van der Waals surface area contributed by atoms with E-state index in [1.165, 1.54) is 88.2 Å². The maximum absolute atomic E-state index is 2.40. The summed E-state index contributed by atoms with van der Waals surface area (Å²) in [5.74, 6) is 0. The Morgan fingerprint density at radius 1 is 0.271 bits per heavy atom. The summed E-state index contributed by atoms with van der Waals surface area (Å²) >= 11 is 0. The minimum absolute atomic E-state index is 1.15. The van der Waals surface area contributed by atoms with Gasteiger partial charge in [0.15, 0.2) is 0 Å². The zero-order chi connectivity index (χ0) is 40.1. The molecule has 2 heteroatoms. The first-order valence-electron chi connectivity index (χ1n) is 20.6. The molecule has 59 heavy (non-hydrogen) atoms. The maximum atomic E-state index is 2.40. The van der Waals surface area contributed by atoms with E-state index in [4.69, 9.17) is 0 Å². The van der Waals surface area contributed by atoms with Gasteiger partial charge in [0, 0.05) is 32.9 Å². The molecule has 9 aromatic carbocycles. The molecule has 0 aliphatic heterocycles. The minimum atomic E-state index is 1.15. The lowest BCUT2D eigenvalue weighted by Crippen LogP contribution is -1.94. The van der Waals surface area contributed by atoms with Gasteiger partial charge >= 0.3 is 0 Å². The Labute approximate surface area is 346 Å². The second kappa shape index (κ2) is 16.6. The number of hydrogen-bond acceptors (Lipinski definition) is 0. The van der Waals surface area contributed by atoms with E-state index in [0.717, 1.165) is 5.69 Å². The van der Waals surface area contributed by atoms with Gasteiger partial charge in [-0.05, 0) is 101 Å². The van der Waals surface area contributed by atoms with Crippen molar-refractivity contribution in [3.05, 3.63) is 230 Å². The number of benzene rings is 9. The van der Waals surface area contributed by atoms with Crippen LogP contribution in [0.15, 0.2) is 224 Å². The van der Waals surface area contributed by atoms with E-state index in [-0.39, 0.29) is 0 Å². The highest BCUT2D eigenvalue weighted by atomic mass is 15.0. The largest absolute Gasteiger partial charge is 0.309 e. The Kier molecular flexibility index (Phi) is 10.5. The average molecular weight is 759 g/mol. The maximum Gasteiger partial charge on any atom is 0.0541 e. The molecule has 284 valence electrons. The van der Waals surface area contributed by atoms with E-state index in [1.54, 1.807) is 0 Å². The van der Waals surface area contributed by atoms with Gasteiger partial charge in [-0.15, -0.1) is 0 Å². The Morgan fingerprint density at radius 2 is 0.627 bits per heavy atom. The third kappa shape index (κ3) is 7.11. The van der Waals surface area contributed by atoms with Crippen LogP contribution in [0.2, 0.25) is 0 Å². The predicted octanol–water partition coefficient (Wildman–Crippen LogP) is 15.9. The molecule has 11 aromatic rings. The fourth-order valence-corrected chi connectivity index (χ4v) is 8.37. The number of para-hydroxylation sites is 3. The zero-order valence-corrected chi connectivity index (χ0v) is 33.8. The molecular formula is C57H46N2. The first-order chi connectivity index (χ1) is 29.2. The minimum Gasteiger partial charge on any atom is -0.309 e. The van der Waals surface area contributed by atoms with Gasteiger partial charge in [0.1, 0.15) is 0 Å². The molecule has 0 amide bonds.